The first kappa shape index (κ1) is 15.7. The summed E-state index contributed by atoms with van der Waals surface area (Å²) < 4.78 is 1.16. The number of hydrogen-bond acceptors (Lipinski definition) is 1. The van der Waals surface area contributed by atoms with E-state index in [2.05, 4.69) is 54.9 Å². The standard InChI is InChI=1S/C16H26BrN/c1-4-6-8-13(5-2)11-16(18)14-9-7-10-15(17)12(14)3/h7,9-10,13,16H,4-6,8,11,18H2,1-3H3. The fourth-order valence-corrected chi connectivity index (χ4v) is 2.87. The van der Waals surface area contributed by atoms with Gasteiger partial charge in [0, 0.05) is 10.5 Å². The van der Waals surface area contributed by atoms with Gasteiger partial charge in [0.05, 0.1) is 0 Å². The summed E-state index contributed by atoms with van der Waals surface area (Å²) in [5.41, 5.74) is 8.97. The molecule has 0 radical (unpaired) electrons. The Balaban J connectivity index is 2.68. The van der Waals surface area contributed by atoms with Crippen LogP contribution in [0.15, 0.2) is 22.7 Å². The first-order chi connectivity index (χ1) is 8.60. The summed E-state index contributed by atoms with van der Waals surface area (Å²) in [5.74, 6) is 0.762. The third-order valence-electron chi connectivity index (χ3n) is 3.84. The molecule has 2 atom stereocenters. The van der Waals surface area contributed by atoms with Crippen molar-refractivity contribution in [3.05, 3.63) is 33.8 Å². The molecule has 2 unspecified atom stereocenters. The van der Waals surface area contributed by atoms with Crippen LogP contribution in [0.5, 0.6) is 0 Å². The molecule has 0 bridgehead atoms. The summed E-state index contributed by atoms with van der Waals surface area (Å²) in [6.07, 6.45) is 6.26. The van der Waals surface area contributed by atoms with E-state index >= 15 is 0 Å². The van der Waals surface area contributed by atoms with Gasteiger partial charge in [0.25, 0.3) is 0 Å². The second-order valence-corrected chi connectivity index (χ2v) is 6.07. The summed E-state index contributed by atoms with van der Waals surface area (Å²) in [6.45, 7) is 6.68. The normalized spacial score (nSPS) is 14.5. The monoisotopic (exact) mass is 311 g/mol. The number of nitrogens with two attached hydrogens (primary N) is 1. The molecule has 2 heteroatoms. The molecule has 0 saturated heterocycles. The number of unbranched alkanes of at least 4 members (excludes halogenated alkanes) is 1. The smallest absolute Gasteiger partial charge is 0.0300 e. The van der Waals surface area contributed by atoms with E-state index in [0.29, 0.717) is 0 Å². The molecule has 0 aliphatic heterocycles. The first-order valence-corrected chi connectivity index (χ1v) is 7.90. The molecule has 1 nitrogen and oxygen atoms in total. The molecular formula is C16H26BrN. The fraction of sp³-hybridized carbons (Fsp3) is 0.625. The van der Waals surface area contributed by atoms with Crippen LogP contribution < -0.4 is 5.73 Å². The van der Waals surface area contributed by atoms with Gasteiger partial charge in [-0.2, -0.15) is 0 Å². The highest BCUT2D eigenvalue weighted by Gasteiger charge is 2.15. The SMILES string of the molecule is CCCCC(CC)CC(N)c1cccc(Br)c1C. The maximum absolute atomic E-state index is 6.39. The van der Waals surface area contributed by atoms with E-state index in [1.807, 2.05) is 0 Å². The van der Waals surface area contributed by atoms with Crippen LogP contribution in [0.4, 0.5) is 0 Å². The third kappa shape index (κ3) is 4.40. The van der Waals surface area contributed by atoms with E-state index in [1.54, 1.807) is 0 Å². The maximum Gasteiger partial charge on any atom is 0.0300 e. The molecule has 18 heavy (non-hydrogen) atoms. The zero-order valence-electron chi connectivity index (χ0n) is 11.9. The second kappa shape index (κ2) is 7.96. The van der Waals surface area contributed by atoms with Gasteiger partial charge in [-0.1, -0.05) is 67.6 Å². The Labute approximate surface area is 120 Å². The predicted octanol–water partition coefficient (Wildman–Crippen LogP) is 5.36. The van der Waals surface area contributed by atoms with Gasteiger partial charge in [0.2, 0.25) is 0 Å². The van der Waals surface area contributed by atoms with Gasteiger partial charge < -0.3 is 5.73 Å². The summed E-state index contributed by atoms with van der Waals surface area (Å²) in [7, 11) is 0. The Kier molecular flexibility index (Phi) is 6.95. The first-order valence-electron chi connectivity index (χ1n) is 7.10. The Morgan fingerprint density at radius 2 is 2.00 bits per heavy atom. The molecule has 0 aliphatic carbocycles. The van der Waals surface area contributed by atoms with Crippen molar-refractivity contribution < 1.29 is 0 Å². The lowest BCUT2D eigenvalue weighted by molar-refractivity contribution is 0.388. The van der Waals surface area contributed by atoms with Gasteiger partial charge in [-0.15, -0.1) is 0 Å². The molecule has 0 spiro atoms. The average molecular weight is 312 g/mol. The van der Waals surface area contributed by atoms with E-state index < -0.39 is 0 Å². The van der Waals surface area contributed by atoms with Crippen molar-refractivity contribution in [1.29, 1.82) is 0 Å². The Hall–Kier alpha value is -0.340. The van der Waals surface area contributed by atoms with Crippen molar-refractivity contribution in [1.82, 2.24) is 0 Å². The van der Waals surface area contributed by atoms with E-state index in [9.17, 15) is 0 Å². The maximum atomic E-state index is 6.39. The molecule has 0 saturated carbocycles. The summed E-state index contributed by atoms with van der Waals surface area (Å²) in [6, 6.07) is 6.50. The van der Waals surface area contributed by atoms with Crippen molar-refractivity contribution in [2.24, 2.45) is 11.7 Å². The molecule has 102 valence electrons. The molecule has 0 aliphatic rings. The highest BCUT2D eigenvalue weighted by Crippen LogP contribution is 2.29. The topological polar surface area (TPSA) is 26.0 Å². The summed E-state index contributed by atoms with van der Waals surface area (Å²) in [4.78, 5) is 0. The number of benzene rings is 1. The summed E-state index contributed by atoms with van der Waals surface area (Å²) >= 11 is 3.58. The molecular weight excluding hydrogens is 286 g/mol. The van der Waals surface area contributed by atoms with Crippen molar-refractivity contribution in [2.75, 3.05) is 0 Å². The molecule has 1 rings (SSSR count). The van der Waals surface area contributed by atoms with E-state index in [1.165, 1.54) is 36.8 Å². The van der Waals surface area contributed by atoms with Crippen LogP contribution >= 0.6 is 15.9 Å². The molecule has 0 amide bonds. The second-order valence-electron chi connectivity index (χ2n) is 5.21. The van der Waals surface area contributed by atoms with E-state index in [4.69, 9.17) is 5.73 Å². The van der Waals surface area contributed by atoms with Crippen LogP contribution in [-0.4, -0.2) is 0 Å². The number of halogens is 1. The van der Waals surface area contributed by atoms with Gasteiger partial charge in [0.1, 0.15) is 0 Å². The number of hydrogen-bond donors (Lipinski definition) is 1. The lowest BCUT2D eigenvalue weighted by Gasteiger charge is -2.21. The van der Waals surface area contributed by atoms with Crippen LogP contribution in [0.25, 0.3) is 0 Å². The molecule has 2 N–H and O–H groups in total. The van der Waals surface area contributed by atoms with Crippen LogP contribution in [0, 0.1) is 12.8 Å². The van der Waals surface area contributed by atoms with Crippen LogP contribution in [0.1, 0.15) is 63.1 Å². The zero-order chi connectivity index (χ0) is 13.5. The largest absolute Gasteiger partial charge is 0.324 e. The van der Waals surface area contributed by atoms with Gasteiger partial charge in [-0.3, -0.25) is 0 Å². The van der Waals surface area contributed by atoms with E-state index in [0.717, 1.165) is 16.8 Å². The minimum absolute atomic E-state index is 0.171. The molecule has 0 fully saturated rings. The quantitative estimate of drug-likeness (QED) is 0.720. The van der Waals surface area contributed by atoms with Gasteiger partial charge in [-0.25, -0.2) is 0 Å². The Bertz CT molecular complexity index is 362. The Morgan fingerprint density at radius 3 is 2.61 bits per heavy atom. The highest BCUT2D eigenvalue weighted by atomic mass is 79.9. The highest BCUT2D eigenvalue weighted by molar-refractivity contribution is 9.10. The van der Waals surface area contributed by atoms with Crippen LogP contribution in [0.2, 0.25) is 0 Å². The van der Waals surface area contributed by atoms with E-state index in [-0.39, 0.29) is 6.04 Å². The van der Waals surface area contributed by atoms with Gasteiger partial charge >= 0.3 is 0 Å². The molecule has 0 aromatic heterocycles. The molecule has 1 aromatic rings. The fourth-order valence-electron chi connectivity index (χ4n) is 2.49. The third-order valence-corrected chi connectivity index (χ3v) is 4.70. The number of rotatable bonds is 7. The van der Waals surface area contributed by atoms with Crippen molar-refractivity contribution in [2.45, 2.75) is 58.9 Å². The van der Waals surface area contributed by atoms with Crippen molar-refractivity contribution >= 4 is 15.9 Å². The van der Waals surface area contributed by atoms with Crippen LogP contribution in [0.3, 0.4) is 0 Å². The zero-order valence-corrected chi connectivity index (χ0v) is 13.5. The van der Waals surface area contributed by atoms with Gasteiger partial charge in [0.15, 0.2) is 0 Å². The summed E-state index contributed by atoms with van der Waals surface area (Å²) in [5, 5.41) is 0. The van der Waals surface area contributed by atoms with Gasteiger partial charge in [-0.05, 0) is 36.5 Å². The predicted molar refractivity (Wildman–Crippen MR) is 83.7 cm³/mol. The Morgan fingerprint density at radius 1 is 1.28 bits per heavy atom. The average Bonchev–Trinajstić information content (AvgIpc) is 2.37. The minimum atomic E-state index is 0.171. The lowest BCUT2D eigenvalue weighted by atomic mass is 9.88. The lowest BCUT2D eigenvalue weighted by Crippen LogP contribution is -2.16. The van der Waals surface area contributed by atoms with Crippen molar-refractivity contribution in [3.63, 3.8) is 0 Å². The molecule has 0 heterocycles. The minimum Gasteiger partial charge on any atom is -0.324 e. The van der Waals surface area contributed by atoms with Crippen molar-refractivity contribution in [3.8, 4) is 0 Å². The molecule has 1 aromatic carbocycles. The van der Waals surface area contributed by atoms with Crippen LogP contribution in [-0.2, 0) is 0 Å².